The number of carbonyl (C=O) groups is 2. The van der Waals surface area contributed by atoms with E-state index in [1.165, 1.54) is 6.07 Å². The van der Waals surface area contributed by atoms with Crippen LogP contribution in [0.1, 0.15) is 40.5 Å². The molecule has 1 aliphatic heterocycles. The first-order chi connectivity index (χ1) is 16.1. The van der Waals surface area contributed by atoms with Gasteiger partial charge < -0.3 is 14.5 Å². The Morgan fingerprint density at radius 3 is 2.85 bits per heavy atom. The molecular weight excluding hydrogens is 424 g/mol. The van der Waals surface area contributed by atoms with Gasteiger partial charge in [0.25, 0.3) is 0 Å². The number of nitrogens with zero attached hydrogens (tertiary/aromatic N) is 3. The zero-order valence-corrected chi connectivity index (χ0v) is 17.6. The summed E-state index contributed by atoms with van der Waals surface area (Å²) in [4.78, 5) is 38.4. The Bertz CT molecular complexity index is 1410. The van der Waals surface area contributed by atoms with Crippen LogP contribution in [0.2, 0.25) is 0 Å². The predicted molar refractivity (Wildman–Crippen MR) is 118 cm³/mol. The highest BCUT2D eigenvalue weighted by Crippen LogP contribution is 2.29. The van der Waals surface area contributed by atoms with E-state index in [9.17, 15) is 14.4 Å². The largest absolute Gasteiger partial charge is 0.487 e. The van der Waals surface area contributed by atoms with E-state index in [2.05, 4.69) is 15.6 Å². The van der Waals surface area contributed by atoms with Gasteiger partial charge in [0.15, 0.2) is 5.78 Å². The minimum Gasteiger partial charge on any atom is -0.487 e. The van der Waals surface area contributed by atoms with Crippen molar-refractivity contribution in [3.8, 4) is 5.75 Å². The maximum absolute atomic E-state index is 13.2. The smallest absolute Gasteiger partial charge is 0.347 e. The Hall–Kier alpha value is -4.27. The molecule has 0 aliphatic carbocycles. The lowest BCUT2D eigenvalue weighted by Gasteiger charge is -2.22. The zero-order chi connectivity index (χ0) is 22.8. The van der Waals surface area contributed by atoms with E-state index in [-0.39, 0.29) is 30.9 Å². The molecule has 1 amide bonds. The van der Waals surface area contributed by atoms with Crippen LogP contribution in [0.25, 0.3) is 11.0 Å². The first kappa shape index (κ1) is 20.6. The van der Waals surface area contributed by atoms with Crippen molar-refractivity contribution in [1.29, 1.82) is 0 Å². The van der Waals surface area contributed by atoms with Crippen molar-refractivity contribution in [2.24, 2.45) is 0 Å². The van der Waals surface area contributed by atoms with Crippen LogP contribution < -0.4 is 15.7 Å². The molecule has 1 N–H and O–H groups in total. The molecule has 166 valence electrons. The number of amides is 1. The fraction of sp³-hybridized carbons (Fsp3) is 0.208. The topological polar surface area (TPSA) is 116 Å². The van der Waals surface area contributed by atoms with E-state index in [4.69, 9.17) is 9.15 Å². The van der Waals surface area contributed by atoms with Gasteiger partial charge in [-0.3, -0.25) is 14.3 Å². The number of hydrogen-bond acceptors (Lipinski definition) is 7. The average Bonchev–Trinajstić information content (AvgIpc) is 3.28. The first-order valence-electron chi connectivity index (χ1n) is 10.5. The van der Waals surface area contributed by atoms with Crippen LogP contribution in [-0.4, -0.2) is 26.7 Å². The van der Waals surface area contributed by atoms with Gasteiger partial charge in [-0.15, -0.1) is 5.10 Å². The standard InChI is InChI=1S/C24H20N4O5/c29-20(18-11-15-5-1-3-7-21(15)33-24(18)31)12-19-17-6-2-4-8-22(17)32-14-16-13-28(27-26-16)10-9-23(30)25-19/h1-8,11,13,19H,9-10,12,14H2,(H,25,30). The van der Waals surface area contributed by atoms with E-state index in [0.29, 0.717) is 34.5 Å². The van der Waals surface area contributed by atoms with Gasteiger partial charge in [0.1, 0.15) is 29.2 Å². The molecule has 0 saturated carbocycles. The van der Waals surface area contributed by atoms with Crippen molar-refractivity contribution >= 4 is 22.7 Å². The van der Waals surface area contributed by atoms with Gasteiger partial charge in [0.2, 0.25) is 5.91 Å². The number of carbonyl (C=O) groups excluding carboxylic acids is 2. The van der Waals surface area contributed by atoms with Crippen LogP contribution in [0.15, 0.2) is 70.0 Å². The Labute approximate surface area is 188 Å². The molecule has 9 nitrogen and oxygen atoms in total. The van der Waals surface area contributed by atoms with Crippen LogP contribution in [0, 0.1) is 0 Å². The highest BCUT2D eigenvalue weighted by Gasteiger charge is 2.25. The molecule has 1 aliphatic rings. The number of benzene rings is 2. The highest BCUT2D eigenvalue weighted by molar-refractivity contribution is 5.98. The summed E-state index contributed by atoms with van der Waals surface area (Å²) in [5, 5.41) is 11.6. The average molecular weight is 444 g/mol. The second kappa shape index (κ2) is 8.70. The van der Waals surface area contributed by atoms with E-state index >= 15 is 0 Å². The van der Waals surface area contributed by atoms with Gasteiger partial charge in [-0.05, 0) is 18.2 Å². The number of para-hydroxylation sites is 2. The molecule has 0 fully saturated rings. The molecule has 2 aromatic heterocycles. The third-order valence-electron chi connectivity index (χ3n) is 5.49. The lowest BCUT2D eigenvalue weighted by Crippen LogP contribution is -2.32. The van der Waals surface area contributed by atoms with E-state index in [0.717, 1.165) is 0 Å². The second-order valence-electron chi connectivity index (χ2n) is 7.78. The van der Waals surface area contributed by atoms with Crippen molar-refractivity contribution < 1.29 is 18.7 Å². The number of aromatic nitrogens is 3. The molecule has 1 unspecified atom stereocenters. The number of ketones is 1. The number of nitrogens with one attached hydrogen (secondary N) is 1. The summed E-state index contributed by atoms with van der Waals surface area (Å²) in [5.74, 6) is -0.180. The Morgan fingerprint density at radius 1 is 1.12 bits per heavy atom. The molecule has 0 radical (unpaired) electrons. The first-order valence-corrected chi connectivity index (χ1v) is 10.5. The van der Waals surface area contributed by atoms with Gasteiger partial charge in [-0.1, -0.05) is 41.6 Å². The third-order valence-corrected chi connectivity index (χ3v) is 5.49. The fourth-order valence-electron chi connectivity index (χ4n) is 3.84. The molecule has 2 aromatic carbocycles. The summed E-state index contributed by atoms with van der Waals surface area (Å²) < 4.78 is 12.8. The summed E-state index contributed by atoms with van der Waals surface area (Å²) in [5.41, 5.74) is 0.915. The SMILES string of the molecule is O=C1CCn2cc(nn2)COc2ccccc2C(CC(=O)c2cc3ccccc3oc2=O)N1. The summed E-state index contributed by atoms with van der Waals surface area (Å²) in [6, 6.07) is 15.0. The minimum absolute atomic E-state index is 0.0561. The monoisotopic (exact) mass is 444 g/mol. The normalized spacial score (nSPS) is 16.1. The lowest BCUT2D eigenvalue weighted by molar-refractivity contribution is -0.122. The van der Waals surface area contributed by atoms with Crippen molar-refractivity contribution in [1.82, 2.24) is 20.3 Å². The fourth-order valence-corrected chi connectivity index (χ4v) is 3.84. The Morgan fingerprint density at radius 2 is 1.94 bits per heavy atom. The molecule has 2 bridgehead atoms. The molecule has 4 aromatic rings. The van der Waals surface area contributed by atoms with Gasteiger partial charge in [-0.25, -0.2) is 4.79 Å². The van der Waals surface area contributed by atoms with Gasteiger partial charge >= 0.3 is 5.63 Å². The van der Waals surface area contributed by atoms with Crippen LogP contribution in [0.5, 0.6) is 5.75 Å². The molecule has 5 rings (SSSR count). The Kier molecular flexibility index (Phi) is 5.43. The number of hydrogen-bond donors (Lipinski definition) is 1. The van der Waals surface area contributed by atoms with Crippen molar-refractivity contribution in [3.05, 3.63) is 88.0 Å². The van der Waals surface area contributed by atoms with E-state index in [1.54, 1.807) is 59.4 Å². The van der Waals surface area contributed by atoms with Crippen LogP contribution in [-0.2, 0) is 17.9 Å². The summed E-state index contributed by atoms with van der Waals surface area (Å²) in [7, 11) is 0. The van der Waals surface area contributed by atoms with E-state index in [1.807, 2.05) is 0 Å². The quantitative estimate of drug-likeness (QED) is 0.381. The molecule has 33 heavy (non-hydrogen) atoms. The van der Waals surface area contributed by atoms with Gasteiger partial charge in [0.05, 0.1) is 18.8 Å². The molecule has 3 heterocycles. The maximum atomic E-state index is 13.2. The van der Waals surface area contributed by atoms with Crippen molar-refractivity contribution in [2.45, 2.75) is 32.0 Å². The van der Waals surface area contributed by atoms with Crippen molar-refractivity contribution in [3.63, 3.8) is 0 Å². The lowest BCUT2D eigenvalue weighted by atomic mass is 9.97. The minimum atomic E-state index is -0.706. The molecule has 0 spiro atoms. The summed E-state index contributed by atoms with van der Waals surface area (Å²) in [6.45, 7) is 0.537. The number of aryl methyl sites for hydroxylation is 1. The molecule has 0 saturated heterocycles. The third kappa shape index (κ3) is 4.38. The second-order valence-corrected chi connectivity index (χ2v) is 7.78. The van der Waals surface area contributed by atoms with Gasteiger partial charge in [-0.2, -0.15) is 0 Å². The van der Waals surface area contributed by atoms with Crippen molar-refractivity contribution in [2.75, 3.05) is 0 Å². The highest BCUT2D eigenvalue weighted by atomic mass is 16.5. The molecule has 1 atom stereocenters. The number of ether oxygens (including phenoxy) is 1. The number of rotatable bonds is 3. The van der Waals surface area contributed by atoms with Gasteiger partial charge in [0, 0.05) is 23.8 Å². The van der Waals surface area contributed by atoms with Crippen LogP contribution in [0.3, 0.4) is 0 Å². The summed E-state index contributed by atoms with van der Waals surface area (Å²) >= 11 is 0. The number of Topliss-reactive ketones (excluding diaryl/α,β-unsaturated/α-hetero) is 1. The maximum Gasteiger partial charge on any atom is 0.347 e. The summed E-state index contributed by atoms with van der Waals surface area (Å²) in [6.07, 6.45) is 1.77. The van der Waals surface area contributed by atoms with Crippen LogP contribution >= 0.6 is 0 Å². The molecular formula is C24H20N4O5. The van der Waals surface area contributed by atoms with Crippen LogP contribution in [0.4, 0.5) is 0 Å². The molecule has 9 heteroatoms. The van der Waals surface area contributed by atoms with E-state index < -0.39 is 17.5 Å². The number of fused-ring (bicyclic) bond motifs is 4. The predicted octanol–water partition coefficient (Wildman–Crippen LogP) is 2.80. The Balaban J connectivity index is 1.48. The zero-order valence-electron chi connectivity index (χ0n) is 17.6.